The van der Waals surface area contributed by atoms with Crippen molar-refractivity contribution in [1.29, 1.82) is 0 Å². The summed E-state index contributed by atoms with van der Waals surface area (Å²) >= 11 is 1.38. The van der Waals surface area contributed by atoms with Gasteiger partial charge in [-0.3, -0.25) is 14.4 Å². The smallest absolute Gasteiger partial charge is 0.262 e. The topological polar surface area (TPSA) is 90.9 Å². The van der Waals surface area contributed by atoms with Crippen LogP contribution in [0.1, 0.15) is 56.3 Å². The summed E-state index contributed by atoms with van der Waals surface area (Å²) in [7, 11) is 0. The monoisotopic (exact) mass is 416 g/mol. The number of hydrogen-bond acceptors (Lipinski definition) is 5. The van der Waals surface area contributed by atoms with Crippen LogP contribution in [0.5, 0.6) is 0 Å². The number of anilines is 1. The van der Waals surface area contributed by atoms with Crippen molar-refractivity contribution in [1.82, 2.24) is 10.2 Å². The molecule has 8 heteroatoms. The van der Waals surface area contributed by atoms with E-state index in [9.17, 15) is 14.4 Å². The summed E-state index contributed by atoms with van der Waals surface area (Å²) in [4.78, 5) is 43.0. The van der Waals surface area contributed by atoms with Crippen LogP contribution in [0.4, 0.5) is 5.69 Å². The fourth-order valence-corrected chi connectivity index (χ4v) is 4.52. The molecule has 29 heavy (non-hydrogen) atoms. The van der Waals surface area contributed by atoms with Gasteiger partial charge >= 0.3 is 0 Å². The minimum absolute atomic E-state index is 0.0846. The van der Waals surface area contributed by atoms with E-state index < -0.39 is 5.25 Å². The number of nitrogens with one attached hydrogen (secondary N) is 2. The van der Waals surface area contributed by atoms with E-state index in [1.165, 1.54) is 11.8 Å². The Bertz CT molecular complexity index is 784. The molecule has 2 heterocycles. The lowest BCUT2D eigenvalue weighted by Gasteiger charge is -2.16. The molecular weight excluding hydrogens is 388 g/mol. The lowest BCUT2D eigenvalue weighted by molar-refractivity contribution is -0.121. The molecule has 2 N–H and O–H groups in total. The van der Waals surface area contributed by atoms with Crippen LogP contribution in [0, 0.1) is 0 Å². The van der Waals surface area contributed by atoms with E-state index >= 15 is 0 Å². The van der Waals surface area contributed by atoms with Gasteiger partial charge in [-0.2, -0.15) is 4.99 Å². The molecule has 7 nitrogen and oxygen atoms in total. The fraction of sp³-hybridized carbons (Fsp3) is 0.524. The number of carbonyl (C=O) groups is 3. The van der Waals surface area contributed by atoms with Crippen LogP contribution in [0.2, 0.25) is 0 Å². The minimum atomic E-state index is -0.462. The molecule has 0 radical (unpaired) electrons. The van der Waals surface area contributed by atoms with E-state index in [0.29, 0.717) is 11.3 Å². The first-order chi connectivity index (χ1) is 14.0. The number of nitrogens with zero attached hydrogens (tertiary/aromatic N) is 2. The molecule has 1 fully saturated rings. The van der Waals surface area contributed by atoms with Gasteiger partial charge in [-0.1, -0.05) is 25.6 Å². The average molecular weight is 417 g/mol. The minimum Gasteiger partial charge on any atom is -0.351 e. The fourth-order valence-electron chi connectivity index (χ4n) is 3.40. The molecular formula is C21H28N4O3S. The van der Waals surface area contributed by atoms with Crippen molar-refractivity contribution in [3.8, 4) is 0 Å². The summed E-state index contributed by atoms with van der Waals surface area (Å²) in [5, 5.41) is 6.08. The molecule has 156 valence electrons. The van der Waals surface area contributed by atoms with Crippen molar-refractivity contribution >= 4 is 40.3 Å². The Labute approximate surface area is 175 Å². The number of amidine groups is 1. The second kappa shape index (κ2) is 9.91. The Morgan fingerprint density at radius 1 is 1.17 bits per heavy atom. The van der Waals surface area contributed by atoms with E-state index in [1.807, 2.05) is 13.8 Å². The Balaban J connectivity index is 1.49. The van der Waals surface area contributed by atoms with Gasteiger partial charge in [0.15, 0.2) is 5.17 Å². The molecule has 0 spiro atoms. The molecule has 2 aliphatic rings. The lowest BCUT2D eigenvalue weighted by atomic mass is 10.1. The van der Waals surface area contributed by atoms with Crippen LogP contribution in [-0.2, 0) is 9.59 Å². The number of carbonyl (C=O) groups excluding carboxylic acids is 3. The molecule has 0 aliphatic carbocycles. The largest absolute Gasteiger partial charge is 0.351 e. The molecule has 0 aromatic heterocycles. The second-order valence-corrected chi connectivity index (χ2v) is 8.52. The highest BCUT2D eigenvalue weighted by atomic mass is 32.2. The first-order valence-corrected chi connectivity index (χ1v) is 11.1. The number of rotatable bonds is 7. The van der Waals surface area contributed by atoms with Crippen LogP contribution < -0.4 is 10.6 Å². The van der Waals surface area contributed by atoms with Crippen molar-refractivity contribution in [3.63, 3.8) is 0 Å². The lowest BCUT2D eigenvalue weighted by Crippen LogP contribution is -2.33. The van der Waals surface area contributed by atoms with Gasteiger partial charge in [-0.15, -0.1) is 0 Å². The molecule has 1 aromatic carbocycles. The summed E-state index contributed by atoms with van der Waals surface area (Å²) in [6.07, 6.45) is 4.09. The molecule has 1 saturated heterocycles. The normalized spacial score (nSPS) is 18.9. The van der Waals surface area contributed by atoms with Gasteiger partial charge in [0.25, 0.3) is 11.8 Å². The van der Waals surface area contributed by atoms with Gasteiger partial charge in [0.2, 0.25) is 5.91 Å². The van der Waals surface area contributed by atoms with Gasteiger partial charge in [0, 0.05) is 36.8 Å². The number of amides is 3. The van der Waals surface area contributed by atoms with Gasteiger partial charge in [0.05, 0.1) is 0 Å². The Morgan fingerprint density at radius 3 is 2.45 bits per heavy atom. The third-order valence-electron chi connectivity index (χ3n) is 5.23. The van der Waals surface area contributed by atoms with Gasteiger partial charge in [-0.25, -0.2) is 0 Å². The van der Waals surface area contributed by atoms with Crippen molar-refractivity contribution in [2.75, 3.05) is 18.4 Å². The second-order valence-electron chi connectivity index (χ2n) is 7.35. The van der Waals surface area contributed by atoms with E-state index in [2.05, 4.69) is 20.5 Å². The molecule has 1 aromatic rings. The molecule has 0 unspecified atom stereocenters. The predicted octanol–water partition coefficient (Wildman–Crippen LogP) is 3.03. The maximum atomic E-state index is 12.4. The molecule has 3 rings (SSSR count). The first-order valence-electron chi connectivity index (χ1n) is 10.2. The standard InChI is InChI=1S/C21H28N4O3S/c1-3-15(4-2)23-19(27)14-7-9-16(10-8-14)22-18(26)13-17-20(28)24-21(29-17)25-11-5-6-12-25/h7-10,15,17H,3-6,11-13H2,1-2H3,(H,22,26)(H,23,27)/t17-/m0/s1. The summed E-state index contributed by atoms with van der Waals surface area (Å²) < 4.78 is 0. The Kier molecular flexibility index (Phi) is 7.30. The van der Waals surface area contributed by atoms with E-state index in [0.717, 1.165) is 43.9 Å². The summed E-state index contributed by atoms with van der Waals surface area (Å²) in [6.45, 7) is 5.93. The molecule has 1 atom stereocenters. The summed E-state index contributed by atoms with van der Waals surface area (Å²) in [5.74, 6) is -0.584. The first kappa shape index (κ1) is 21.4. The Hall–Kier alpha value is -2.35. The molecule has 0 bridgehead atoms. The van der Waals surface area contributed by atoms with E-state index in [1.54, 1.807) is 24.3 Å². The summed E-state index contributed by atoms with van der Waals surface area (Å²) in [6, 6.07) is 6.95. The zero-order valence-electron chi connectivity index (χ0n) is 16.9. The molecule has 3 amide bonds. The zero-order chi connectivity index (χ0) is 20.8. The van der Waals surface area contributed by atoms with Gasteiger partial charge in [0.1, 0.15) is 5.25 Å². The SMILES string of the molecule is CCC(CC)NC(=O)c1ccc(NC(=O)C[C@@H]2SC(N3CCCC3)=NC2=O)cc1. The highest BCUT2D eigenvalue weighted by molar-refractivity contribution is 8.15. The number of aliphatic imine (C=N–C) groups is 1. The third kappa shape index (κ3) is 5.59. The number of benzene rings is 1. The highest BCUT2D eigenvalue weighted by Gasteiger charge is 2.33. The van der Waals surface area contributed by atoms with Crippen molar-refractivity contribution in [2.24, 2.45) is 4.99 Å². The quantitative estimate of drug-likeness (QED) is 0.713. The van der Waals surface area contributed by atoms with Crippen molar-refractivity contribution in [2.45, 2.75) is 57.2 Å². The van der Waals surface area contributed by atoms with Crippen LogP contribution in [0.3, 0.4) is 0 Å². The molecule has 2 aliphatic heterocycles. The maximum Gasteiger partial charge on any atom is 0.262 e. The third-order valence-corrected chi connectivity index (χ3v) is 6.44. The van der Waals surface area contributed by atoms with E-state index in [4.69, 9.17) is 0 Å². The zero-order valence-corrected chi connectivity index (χ0v) is 17.8. The number of thioether (sulfide) groups is 1. The number of likely N-dealkylation sites (tertiary alicyclic amines) is 1. The predicted molar refractivity (Wildman–Crippen MR) is 116 cm³/mol. The van der Waals surface area contributed by atoms with E-state index in [-0.39, 0.29) is 30.2 Å². The summed E-state index contributed by atoms with van der Waals surface area (Å²) in [5.41, 5.74) is 1.16. The van der Waals surface area contributed by atoms with Crippen LogP contribution in [0.15, 0.2) is 29.3 Å². The van der Waals surface area contributed by atoms with Crippen molar-refractivity contribution < 1.29 is 14.4 Å². The average Bonchev–Trinajstić information content (AvgIpc) is 3.37. The maximum absolute atomic E-state index is 12.4. The molecule has 0 saturated carbocycles. The van der Waals surface area contributed by atoms with Crippen LogP contribution in [0.25, 0.3) is 0 Å². The number of hydrogen-bond donors (Lipinski definition) is 2. The van der Waals surface area contributed by atoms with Gasteiger partial charge in [-0.05, 0) is 49.9 Å². The highest BCUT2D eigenvalue weighted by Crippen LogP contribution is 2.29. The Morgan fingerprint density at radius 2 is 1.83 bits per heavy atom. The van der Waals surface area contributed by atoms with Crippen molar-refractivity contribution in [3.05, 3.63) is 29.8 Å². The van der Waals surface area contributed by atoms with Crippen LogP contribution >= 0.6 is 11.8 Å². The van der Waals surface area contributed by atoms with Gasteiger partial charge < -0.3 is 15.5 Å². The van der Waals surface area contributed by atoms with Crippen LogP contribution in [-0.4, -0.2) is 52.2 Å².